The molecule has 2 aromatic carbocycles. The van der Waals surface area contributed by atoms with Crippen LogP contribution in [0.15, 0.2) is 48.5 Å². The summed E-state index contributed by atoms with van der Waals surface area (Å²) in [6, 6.07) is 15.4. The molecule has 1 fully saturated rings. The minimum atomic E-state index is -0.114. The van der Waals surface area contributed by atoms with Crippen LogP contribution in [0.5, 0.6) is 0 Å². The first kappa shape index (κ1) is 22.0. The number of hydrogen-bond donors (Lipinski definition) is 1. The fourth-order valence-electron chi connectivity index (χ4n) is 4.18. The highest BCUT2D eigenvalue weighted by atomic mass is 35.5. The van der Waals surface area contributed by atoms with Crippen molar-refractivity contribution in [1.82, 2.24) is 4.90 Å². The molecule has 2 amide bonds. The first-order valence-corrected chi connectivity index (χ1v) is 11.1. The number of carbonyl (C=O) groups excluding carboxylic acids is 1. The number of amides is 2. The van der Waals surface area contributed by atoms with Gasteiger partial charge in [-0.15, -0.1) is 0 Å². The molecule has 0 aliphatic heterocycles. The largest absolute Gasteiger partial charge is 0.322 e. The van der Waals surface area contributed by atoms with E-state index in [1.54, 1.807) is 18.2 Å². The summed E-state index contributed by atoms with van der Waals surface area (Å²) in [4.78, 5) is 15.2. The predicted molar refractivity (Wildman–Crippen MR) is 123 cm³/mol. The van der Waals surface area contributed by atoms with Crippen LogP contribution in [0.25, 0.3) is 0 Å². The lowest BCUT2D eigenvalue weighted by Gasteiger charge is -2.41. The lowest BCUT2D eigenvalue weighted by atomic mass is 9.71. The van der Waals surface area contributed by atoms with Crippen molar-refractivity contribution >= 4 is 34.9 Å². The van der Waals surface area contributed by atoms with Gasteiger partial charge in [0.25, 0.3) is 0 Å². The van der Waals surface area contributed by atoms with E-state index in [1.807, 2.05) is 23.1 Å². The van der Waals surface area contributed by atoms with E-state index in [1.165, 1.54) is 0 Å². The van der Waals surface area contributed by atoms with Crippen molar-refractivity contribution in [2.75, 3.05) is 5.32 Å². The number of hydrogen-bond acceptors (Lipinski definition) is 1. The number of halogens is 2. The first-order valence-electron chi connectivity index (χ1n) is 10.3. The van der Waals surface area contributed by atoms with Gasteiger partial charge in [-0.25, -0.2) is 4.79 Å². The highest BCUT2D eigenvalue weighted by Crippen LogP contribution is 2.39. The number of benzene rings is 2. The Kier molecular flexibility index (Phi) is 7.13. The number of nitrogens with zero attached hydrogens (tertiary/aromatic N) is 1. The summed E-state index contributed by atoms with van der Waals surface area (Å²) in [5.74, 6) is 0.700. The summed E-state index contributed by atoms with van der Waals surface area (Å²) in [6.45, 7) is 7.53. The molecule has 0 unspecified atom stereocenters. The molecule has 0 bridgehead atoms. The monoisotopic (exact) mass is 432 g/mol. The second kappa shape index (κ2) is 9.40. The van der Waals surface area contributed by atoms with Crippen LogP contribution in [0.4, 0.5) is 10.5 Å². The molecule has 5 heteroatoms. The van der Waals surface area contributed by atoms with Gasteiger partial charge < -0.3 is 10.2 Å². The number of nitrogens with one attached hydrogen (secondary N) is 1. The smallest absolute Gasteiger partial charge is 0.317 e. The molecule has 3 rings (SSSR count). The molecule has 2 aromatic rings. The zero-order valence-corrected chi connectivity index (χ0v) is 18.9. The molecule has 0 spiro atoms. The van der Waals surface area contributed by atoms with Crippen LogP contribution < -0.4 is 5.32 Å². The molecular weight excluding hydrogens is 403 g/mol. The molecule has 0 radical (unpaired) electrons. The van der Waals surface area contributed by atoms with Gasteiger partial charge in [-0.3, -0.25) is 0 Å². The molecular formula is C24H30Cl2N2O. The van der Waals surface area contributed by atoms with Gasteiger partial charge in [0.15, 0.2) is 0 Å². The van der Waals surface area contributed by atoms with Gasteiger partial charge in [-0.2, -0.15) is 0 Å². The lowest BCUT2D eigenvalue weighted by molar-refractivity contribution is 0.110. The Balaban J connectivity index is 1.77. The van der Waals surface area contributed by atoms with Crippen LogP contribution in [0.3, 0.4) is 0 Å². The summed E-state index contributed by atoms with van der Waals surface area (Å²) < 4.78 is 0. The number of carbonyl (C=O) groups is 1. The van der Waals surface area contributed by atoms with Crippen molar-refractivity contribution in [3.63, 3.8) is 0 Å². The summed E-state index contributed by atoms with van der Waals surface area (Å²) in [7, 11) is 0. The predicted octanol–water partition coefficient (Wildman–Crippen LogP) is 7.63. The van der Waals surface area contributed by atoms with E-state index in [-0.39, 0.29) is 12.1 Å². The number of urea groups is 1. The molecule has 156 valence electrons. The summed E-state index contributed by atoms with van der Waals surface area (Å²) >= 11 is 12.3. The van der Waals surface area contributed by atoms with Gasteiger partial charge in [0.05, 0.1) is 10.7 Å². The Labute approximate surface area is 184 Å². The van der Waals surface area contributed by atoms with Crippen molar-refractivity contribution in [3.8, 4) is 0 Å². The molecule has 1 N–H and O–H groups in total. The average Bonchev–Trinajstić information content (AvgIpc) is 2.68. The molecule has 0 atom stereocenters. The third-order valence-corrected chi connectivity index (χ3v) is 6.54. The normalized spacial score (nSPS) is 19.6. The number of anilines is 1. The summed E-state index contributed by atoms with van der Waals surface area (Å²) in [6.07, 6.45) is 4.34. The first-order chi connectivity index (χ1) is 13.7. The minimum absolute atomic E-state index is 0.114. The fourth-order valence-corrected chi connectivity index (χ4v) is 4.63. The highest BCUT2D eigenvalue weighted by molar-refractivity contribution is 6.36. The van der Waals surface area contributed by atoms with Gasteiger partial charge in [0.2, 0.25) is 0 Å². The molecule has 3 nitrogen and oxygen atoms in total. The Morgan fingerprint density at radius 2 is 1.69 bits per heavy atom. The molecule has 0 heterocycles. The molecule has 1 saturated carbocycles. The third kappa shape index (κ3) is 5.90. The SMILES string of the molecule is CC(C)(C)C1CCC(N(Cc2ccccc2)C(=O)Nc2ccc(Cl)cc2Cl)CC1. The van der Waals surface area contributed by atoms with Crippen LogP contribution >= 0.6 is 23.2 Å². The van der Waals surface area contributed by atoms with Crippen molar-refractivity contribution in [2.45, 2.75) is 59.0 Å². The van der Waals surface area contributed by atoms with Gasteiger partial charge in [0, 0.05) is 17.6 Å². The van der Waals surface area contributed by atoms with E-state index in [4.69, 9.17) is 23.2 Å². The lowest BCUT2D eigenvalue weighted by Crippen LogP contribution is -2.45. The fraction of sp³-hybridized carbons (Fsp3) is 0.458. The van der Waals surface area contributed by atoms with E-state index in [0.29, 0.717) is 33.6 Å². The van der Waals surface area contributed by atoms with Gasteiger partial charge in [-0.05, 0) is 60.8 Å². The molecule has 0 saturated heterocycles. The van der Waals surface area contributed by atoms with Crippen molar-refractivity contribution in [2.24, 2.45) is 11.3 Å². The zero-order valence-electron chi connectivity index (χ0n) is 17.4. The second-order valence-corrected chi connectivity index (χ2v) is 9.88. The number of rotatable bonds is 4. The Morgan fingerprint density at radius 3 is 2.28 bits per heavy atom. The van der Waals surface area contributed by atoms with Gasteiger partial charge >= 0.3 is 6.03 Å². The third-order valence-electron chi connectivity index (χ3n) is 5.99. The van der Waals surface area contributed by atoms with E-state index in [9.17, 15) is 4.79 Å². The van der Waals surface area contributed by atoms with Crippen molar-refractivity contribution in [3.05, 3.63) is 64.1 Å². The Morgan fingerprint density at radius 1 is 1.03 bits per heavy atom. The summed E-state index contributed by atoms with van der Waals surface area (Å²) in [5.41, 5.74) is 2.03. The van der Waals surface area contributed by atoms with E-state index in [2.05, 4.69) is 38.2 Å². The quantitative estimate of drug-likeness (QED) is 0.528. The van der Waals surface area contributed by atoms with Gasteiger partial charge in [0.1, 0.15) is 0 Å². The van der Waals surface area contributed by atoms with Crippen molar-refractivity contribution in [1.29, 1.82) is 0 Å². The minimum Gasteiger partial charge on any atom is -0.317 e. The Hall–Kier alpha value is -1.71. The van der Waals surface area contributed by atoms with E-state index < -0.39 is 0 Å². The molecule has 1 aliphatic rings. The maximum atomic E-state index is 13.3. The molecule has 29 heavy (non-hydrogen) atoms. The van der Waals surface area contributed by atoms with Gasteiger partial charge in [-0.1, -0.05) is 74.3 Å². The topological polar surface area (TPSA) is 32.3 Å². The van der Waals surface area contributed by atoms with Crippen LogP contribution in [-0.2, 0) is 6.54 Å². The van der Waals surface area contributed by atoms with Crippen LogP contribution in [0.1, 0.15) is 52.0 Å². The maximum Gasteiger partial charge on any atom is 0.322 e. The zero-order chi connectivity index (χ0) is 21.0. The molecule has 1 aliphatic carbocycles. The molecule has 0 aromatic heterocycles. The average molecular weight is 433 g/mol. The van der Waals surface area contributed by atoms with Crippen LogP contribution in [0, 0.1) is 11.3 Å². The van der Waals surface area contributed by atoms with Crippen LogP contribution in [0.2, 0.25) is 10.0 Å². The maximum absolute atomic E-state index is 13.3. The standard InChI is InChI=1S/C24H30Cl2N2O/c1-24(2,3)18-9-12-20(13-10-18)28(16-17-7-5-4-6-8-17)23(29)27-22-14-11-19(25)15-21(22)26/h4-8,11,14-15,18,20H,9-10,12-13,16H2,1-3H3,(H,27,29). The highest BCUT2D eigenvalue weighted by Gasteiger charge is 2.33. The van der Waals surface area contributed by atoms with Crippen LogP contribution in [-0.4, -0.2) is 17.0 Å². The summed E-state index contributed by atoms with van der Waals surface area (Å²) in [5, 5.41) is 3.99. The van der Waals surface area contributed by atoms with E-state index in [0.717, 1.165) is 31.2 Å². The van der Waals surface area contributed by atoms with Crippen molar-refractivity contribution < 1.29 is 4.79 Å². The van der Waals surface area contributed by atoms with E-state index >= 15 is 0 Å². The Bertz CT molecular complexity index is 825. The second-order valence-electron chi connectivity index (χ2n) is 9.04.